The maximum atomic E-state index is 10.6. The number of carbonyl (C=O) groups is 1. The van der Waals surface area contributed by atoms with E-state index in [2.05, 4.69) is 0 Å². The molecule has 0 radical (unpaired) electrons. The second-order valence-electron chi connectivity index (χ2n) is 3.52. The van der Waals surface area contributed by atoms with Crippen molar-refractivity contribution in [1.82, 2.24) is 0 Å². The van der Waals surface area contributed by atoms with E-state index in [0.29, 0.717) is 0 Å². The Morgan fingerprint density at radius 1 is 1.83 bits per heavy atom. The topological polar surface area (TPSA) is 63.3 Å². The molecular formula is C8H15NO2S. The minimum absolute atomic E-state index is 0.0106. The summed E-state index contributed by atoms with van der Waals surface area (Å²) in [5.74, 6) is 1.22. The summed E-state index contributed by atoms with van der Waals surface area (Å²) in [7, 11) is 0. The van der Waals surface area contributed by atoms with Crippen LogP contribution in [0.2, 0.25) is 0 Å². The van der Waals surface area contributed by atoms with Crippen molar-refractivity contribution in [1.29, 1.82) is 0 Å². The molecule has 1 rings (SSSR count). The summed E-state index contributed by atoms with van der Waals surface area (Å²) in [6, 6.07) is -0.0106. The maximum absolute atomic E-state index is 10.6. The lowest BCUT2D eigenvalue weighted by molar-refractivity contribution is -0.139. The molecule has 2 atom stereocenters. The van der Waals surface area contributed by atoms with Crippen LogP contribution in [0, 0.1) is 5.41 Å². The van der Waals surface area contributed by atoms with Gasteiger partial charge in [0.25, 0.3) is 0 Å². The van der Waals surface area contributed by atoms with E-state index < -0.39 is 5.97 Å². The average molecular weight is 189 g/mol. The molecule has 1 heterocycles. The highest BCUT2D eigenvalue weighted by Gasteiger charge is 2.39. The molecule has 0 amide bonds. The SMILES string of the molecule is CC(N)C1(CC(=O)O)CCSC1. The number of hydrogen-bond donors (Lipinski definition) is 2. The molecule has 1 fully saturated rings. The Labute approximate surface area is 76.7 Å². The van der Waals surface area contributed by atoms with Gasteiger partial charge in [-0.2, -0.15) is 11.8 Å². The van der Waals surface area contributed by atoms with Crippen molar-refractivity contribution >= 4 is 17.7 Å². The Kier molecular flexibility index (Phi) is 3.01. The van der Waals surface area contributed by atoms with E-state index in [1.54, 1.807) is 0 Å². The first-order valence-corrected chi connectivity index (χ1v) is 5.27. The molecule has 0 aromatic carbocycles. The van der Waals surface area contributed by atoms with E-state index in [-0.39, 0.29) is 17.9 Å². The van der Waals surface area contributed by atoms with Crippen LogP contribution in [0.5, 0.6) is 0 Å². The van der Waals surface area contributed by atoms with Crippen molar-refractivity contribution in [3.63, 3.8) is 0 Å². The minimum Gasteiger partial charge on any atom is -0.481 e. The predicted octanol–water partition coefficient (Wildman–Crippen LogP) is 0.932. The quantitative estimate of drug-likeness (QED) is 0.693. The van der Waals surface area contributed by atoms with Gasteiger partial charge < -0.3 is 10.8 Å². The molecule has 0 aromatic heterocycles. The third-order valence-electron chi connectivity index (χ3n) is 2.60. The molecule has 0 saturated carbocycles. The molecule has 3 N–H and O–H groups in total. The van der Waals surface area contributed by atoms with Gasteiger partial charge in [-0.05, 0) is 19.1 Å². The Hall–Kier alpha value is -0.220. The zero-order valence-electron chi connectivity index (χ0n) is 7.25. The lowest BCUT2D eigenvalue weighted by Crippen LogP contribution is -2.41. The zero-order valence-corrected chi connectivity index (χ0v) is 8.06. The van der Waals surface area contributed by atoms with Gasteiger partial charge in [-0.15, -0.1) is 0 Å². The van der Waals surface area contributed by atoms with Crippen molar-refractivity contribution in [3.05, 3.63) is 0 Å². The zero-order chi connectivity index (χ0) is 9.19. The molecular weight excluding hydrogens is 174 g/mol. The van der Waals surface area contributed by atoms with Crippen molar-refractivity contribution < 1.29 is 9.90 Å². The van der Waals surface area contributed by atoms with Gasteiger partial charge in [0.2, 0.25) is 0 Å². The number of nitrogens with two attached hydrogens (primary N) is 1. The van der Waals surface area contributed by atoms with Crippen LogP contribution in [-0.4, -0.2) is 28.6 Å². The summed E-state index contributed by atoms with van der Waals surface area (Å²) < 4.78 is 0. The van der Waals surface area contributed by atoms with Crippen LogP contribution in [0.25, 0.3) is 0 Å². The third kappa shape index (κ3) is 1.93. The third-order valence-corrected chi connectivity index (χ3v) is 3.87. The summed E-state index contributed by atoms with van der Waals surface area (Å²) in [5.41, 5.74) is 5.66. The molecule has 2 unspecified atom stereocenters. The van der Waals surface area contributed by atoms with E-state index >= 15 is 0 Å². The van der Waals surface area contributed by atoms with Gasteiger partial charge in [0.15, 0.2) is 0 Å². The molecule has 0 aliphatic carbocycles. The molecule has 1 saturated heterocycles. The molecule has 3 nitrogen and oxygen atoms in total. The van der Waals surface area contributed by atoms with E-state index in [1.165, 1.54) is 0 Å². The van der Waals surface area contributed by atoms with Crippen molar-refractivity contribution in [2.45, 2.75) is 25.8 Å². The molecule has 4 heteroatoms. The summed E-state index contributed by atoms with van der Waals surface area (Å²) in [6.45, 7) is 1.91. The summed E-state index contributed by atoms with van der Waals surface area (Å²) in [6.07, 6.45) is 1.17. The van der Waals surface area contributed by atoms with Crippen molar-refractivity contribution in [3.8, 4) is 0 Å². The van der Waals surface area contributed by atoms with Crippen LogP contribution in [-0.2, 0) is 4.79 Å². The largest absolute Gasteiger partial charge is 0.481 e. The molecule has 1 aliphatic heterocycles. The highest BCUT2D eigenvalue weighted by atomic mass is 32.2. The van der Waals surface area contributed by atoms with Crippen LogP contribution < -0.4 is 5.73 Å². The van der Waals surface area contributed by atoms with Crippen LogP contribution >= 0.6 is 11.8 Å². The number of aliphatic carboxylic acids is 1. The normalized spacial score (nSPS) is 31.8. The van der Waals surface area contributed by atoms with E-state index in [1.807, 2.05) is 18.7 Å². The smallest absolute Gasteiger partial charge is 0.303 e. The second kappa shape index (κ2) is 3.66. The highest BCUT2D eigenvalue weighted by molar-refractivity contribution is 7.99. The average Bonchev–Trinajstić information content (AvgIpc) is 2.35. The fourth-order valence-corrected chi connectivity index (χ4v) is 3.19. The lowest BCUT2D eigenvalue weighted by atomic mass is 9.78. The maximum Gasteiger partial charge on any atom is 0.303 e. The summed E-state index contributed by atoms with van der Waals surface area (Å²) >= 11 is 1.81. The Balaban J connectivity index is 2.65. The first-order chi connectivity index (χ1) is 5.57. The van der Waals surface area contributed by atoms with Gasteiger partial charge in [-0.1, -0.05) is 0 Å². The van der Waals surface area contributed by atoms with Gasteiger partial charge in [0.1, 0.15) is 0 Å². The number of rotatable bonds is 3. The molecule has 0 bridgehead atoms. The lowest BCUT2D eigenvalue weighted by Gasteiger charge is -2.30. The Morgan fingerprint density at radius 3 is 2.83 bits per heavy atom. The number of carboxylic acids is 1. The predicted molar refractivity (Wildman–Crippen MR) is 50.3 cm³/mol. The Bertz CT molecular complexity index is 176. The fourth-order valence-electron chi connectivity index (χ4n) is 1.58. The molecule has 0 aromatic rings. The van der Waals surface area contributed by atoms with E-state index in [9.17, 15) is 4.79 Å². The second-order valence-corrected chi connectivity index (χ2v) is 4.63. The van der Waals surface area contributed by atoms with Gasteiger partial charge in [0.05, 0.1) is 6.42 Å². The highest BCUT2D eigenvalue weighted by Crippen LogP contribution is 2.40. The first kappa shape index (κ1) is 9.86. The first-order valence-electron chi connectivity index (χ1n) is 4.12. The standard InChI is InChI=1S/C8H15NO2S/c1-6(9)8(4-7(10)11)2-3-12-5-8/h6H,2-5,9H2,1H3,(H,10,11). The van der Waals surface area contributed by atoms with E-state index in [0.717, 1.165) is 17.9 Å². The molecule has 12 heavy (non-hydrogen) atoms. The van der Waals surface area contributed by atoms with Gasteiger partial charge >= 0.3 is 5.97 Å². The Morgan fingerprint density at radius 2 is 2.50 bits per heavy atom. The molecule has 70 valence electrons. The van der Waals surface area contributed by atoms with Crippen LogP contribution in [0.4, 0.5) is 0 Å². The number of thioether (sulfide) groups is 1. The van der Waals surface area contributed by atoms with Gasteiger partial charge in [-0.25, -0.2) is 0 Å². The van der Waals surface area contributed by atoms with Gasteiger partial charge in [-0.3, -0.25) is 4.79 Å². The summed E-state index contributed by atoms with van der Waals surface area (Å²) in [4.78, 5) is 10.6. The van der Waals surface area contributed by atoms with Crippen LogP contribution in [0.3, 0.4) is 0 Å². The van der Waals surface area contributed by atoms with Crippen molar-refractivity contribution in [2.24, 2.45) is 11.1 Å². The van der Waals surface area contributed by atoms with Crippen LogP contribution in [0.1, 0.15) is 19.8 Å². The molecule has 0 spiro atoms. The number of carboxylic acid groups (broad SMARTS) is 1. The number of hydrogen-bond acceptors (Lipinski definition) is 3. The fraction of sp³-hybridized carbons (Fsp3) is 0.875. The monoisotopic (exact) mass is 189 g/mol. The van der Waals surface area contributed by atoms with Gasteiger partial charge in [0, 0.05) is 17.2 Å². The molecule has 1 aliphatic rings. The summed E-state index contributed by atoms with van der Waals surface area (Å²) in [5, 5.41) is 8.72. The van der Waals surface area contributed by atoms with Crippen LogP contribution in [0.15, 0.2) is 0 Å². The minimum atomic E-state index is -0.727. The van der Waals surface area contributed by atoms with E-state index in [4.69, 9.17) is 10.8 Å². The van der Waals surface area contributed by atoms with Crippen molar-refractivity contribution in [2.75, 3.05) is 11.5 Å².